The molecular weight excluding hydrogens is 448 g/mol. The van der Waals surface area contributed by atoms with E-state index in [0.717, 1.165) is 50.4 Å². The summed E-state index contributed by atoms with van der Waals surface area (Å²) in [6.45, 7) is 7.88. The standard InChI is InChI=1S/C29H32N6O/c1-23-8-5-12-26(20-23)34-18-16-33(17-19-34)15-7-14-31-29(36)27-22-35(25-10-3-2-4-11-25)32-28(27)24-9-6-13-30-21-24/h2-6,8-13,20-22H,7,14-19H2,1H3,(H,31,36). The average molecular weight is 481 g/mol. The second kappa shape index (κ2) is 11.2. The van der Waals surface area contributed by atoms with Gasteiger partial charge in [-0.25, -0.2) is 4.68 Å². The molecule has 1 N–H and O–H groups in total. The monoisotopic (exact) mass is 480 g/mol. The molecule has 7 heteroatoms. The summed E-state index contributed by atoms with van der Waals surface area (Å²) in [4.78, 5) is 22.3. The van der Waals surface area contributed by atoms with Crippen LogP contribution >= 0.6 is 0 Å². The number of aromatic nitrogens is 3. The van der Waals surface area contributed by atoms with Crippen LogP contribution < -0.4 is 10.2 Å². The van der Waals surface area contributed by atoms with Gasteiger partial charge >= 0.3 is 0 Å². The van der Waals surface area contributed by atoms with Crippen molar-refractivity contribution in [3.8, 4) is 16.9 Å². The molecule has 3 heterocycles. The highest BCUT2D eigenvalue weighted by Crippen LogP contribution is 2.23. The Bertz CT molecular complexity index is 1280. The number of hydrogen-bond donors (Lipinski definition) is 1. The topological polar surface area (TPSA) is 66.3 Å². The number of rotatable bonds is 8. The van der Waals surface area contributed by atoms with E-state index in [4.69, 9.17) is 5.10 Å². The van der Waals surface area contributed by atoms with E-state index < -0.39 is 0 Å². The Morgan fingerprint density at radius 3 is 2.50 bits per heavy atom. The molecule has 0 saturated carbocycles. The Hall–Kier alpha value is -3.97. The van der Waals surface area contributed by atoms with E-state index in [0.29, 0.717) is 17.8 Å². The van der Waals surface area contributed by atoms with E-state index in [9.17, 15) is 4.79 Å². The highest BCUT2D eigenvalue weighted by molar-refractivity contribution is 5.99. The summed E-state index contributed by atoms with van der Waals surface area (Å²) in [7, 11) is 0. The zero-order valence-corrected chi connectivity index (χ0v) is 20.7. The van der Waals surface area contributed by atoms with E-state index in [1.165, 1.54) is 11.3 Å². The molecule has 0 bridgehead atoms. The first-order valence-corrected chi connectivity index (χ1v) is 12.5. The van der Waals surface area contributed by atoms with Crippen LogP contribution in [0, 0.1) is 6.92 Å². The molecular formula is C29H32N6O. The third kappa shape index (κ3) is 5.63. The molecule has 0 unspecified atom stereocenters. The molecule has 0 aliphatic carbocycles. The van der Waals surface area contributed by atoms with Crippen LogP contribution in [0.25, 0.3) is 16.9 Å². The van der Waals surface area contributed by atoms with Gasteiger partial charge in [-0.05, 0) is 61.9 Å². The number of para-hydroxylation sites is 1. The maximum atomic E-state index is 13.2. The Labute approximate surface area is 212 Å². The maximum Gasteiger partial charge on any atom is 0.255 e. The van der Waals surface area contributed by atoms with Gasteiger partial charge in [0.25, 0.3) is 5.91 Å². The number of piperazine rings is 1. The fourth-order valence-corrected chi connectivity index (χ4v) is 4.62. The molecule has 0 atom stereocenters. The minimum absolute atomic E-state index is 0.111. The molecule has 1 aliphatic rings. The first-order chi connectivity index (χ1) is 17.7. The predicted octanol–water partition coefficient (Wildman–Crippen LogP) is 4.18. The van der Waals surface area contributed by atoms with Gasteiger partial charge in [-0.3, -0.25) is 14.7 Å². The van der Waals surface area contributed by atoms with Gasteiger partial charge in [0.2, 0.25) is 0 Å². The van der Waals surface area contributed by atoms with Crippen LogP contribution in [-0.2, 0) is 0 Å². The number of hydrogen-bond acceptors (Lipinski definition) is 5. The lowest BCUT2D eigenvalue weighted by Gasteiger charge is -2.36. The fraction of sp³-hybridized carbons (Fsp3) is 0.276. The lowest BCUT2D eigenvalue weighted by Crippen LogP contribution is -2.47. The molecule has 2 aromatic carbocycles. The van der Waals surface area contributed by atoms with E-state index in [1.807, 2.05) is 42.5 Å². The molecule has 7 nitrogen and oxygen atoms in total. The number of carbonyl (C=O) groups excluding carboxylic acids is 1. The lowest BCUT2D eigenvalue weighted by atomic mass is 10.1. The van der Waals surface area contributed by atoms with Crippen molar-refractivity contribution in [2.75, 3.05) is 44.2 Å². The van der Waals surface area contributed by atoms with Crippen molar-refractivity contribution in [1.82, 2.24) is 25.0 Å². The summed E-state index contributed by atoms with van der Waals surface area (Å²) in [5.41, 5.74) is 5.53. The normalized spacial score (nSPS) is 14.1. The minimum Gasteiger partial charge on any atom is -0.369 e. The number of benzene rings is 2. The molecule has 1 saturated heterocycles. The Kier molecular flexibility index (Phi) is 7.38. The van der Waals surface area contributed by atoms with Crippen molar-refractivity contribution in [3.05, 3.63) is 96.4 Å². The van der Waals surface area contributed by atoms with Crippen LogP contribution in [0.4, 0.5) is 5.69 Å². The highest BCUT2D eigenvalue weighted by Gasteiger charge is 2.20. The van der Waals surface area contributed by atoms with E-state index in [2.05, 4.69) is 51.3 Å². The number of nitrogens with zero attached hydrogens (tertiary/aromatic N) is 5. The van der Waals surface area contributed by atoms with Crippen molar-refractivity contribution in [3.63, 3.8) is 0 Å². The van der Waals surface area contributed by atoms with Crippen LogP contribution in [0.5, 0.6) is 0 Å². The Balaban J connectivity index is 1.16. The lowest BCUT2D eigenvalue weighted by molar-refractivity contribution is 0.0952. The van der Waals surface area contributed by atoms with Gasteiger partial charge in [-0.2, -0.15) is 5.10 Å². The first-order valence-electron chi connectivity index (χ1n) is 12.5. The van der Waals surface area contributed by atoms with Crippen molar-refractivity contribution in [1.29, 1.82) is 0 Å². The largest absolute Gasteiger partial charge is 0.369 e. The number of nitrogens with one attached hydrogen (secondary N) is 1. The van der Waals surface area contributed by atoms with Gasteiger partial charge in [-0.1, -0.05) is 30.3 Å². The minimum atomic E-state index is -0.111. The molecule has 2 aromatic heterocycles. The maximum absolute atomic E-state index is 13.2. The second-order valence-electron chi connectivity index (χ2n) is 9.19. The summed E-state index contributed by atoms with van der Waals surface area (Å²) in [5.74, 6) is -0.111. The third-order valence-electron chi connectivity index (χ3n) is 6.59. The van der Waals surface area contributed by atoms with Crippen LogP contribution in [-0.4, -0.2) is 64.8 Å². The van der Waals surface area contributed by atoms with Crippen LogP contribution in [0.2, 0.25) is 0 Å². The molecule has 36 heavy (non-hydrogen) atoms. The summed E-state index contributed by atoms with van der Waals surface area (Å²) >= 11 is 0. The van der Waals surface area contributed by atoms with Crippen LogP contribution in [0.3, 0.4) is 0 Å². The summed E-state index contributed by atoms with van der Waals surface area (Å²) in [6.07, 6.45) is 6.17. The van der Waals surface area contributed by atoms with Crippen molar-refractivity contribution in [2.24, 2.45) is 0 Å². The van der Waals surface area contributed by atoms with Crippen molar-refractivity contribution < 1.29 is 4.79 Å². The fourth-order valence-electron chi connectivity index (χ4n) is 4.62. The number of aryl methyl sites for hydroxylation is 1. The number of amides is 1. The van der Waals surface area contributed by atoms with Gasteiger partial charge in [-0.15, -0.1) is 0 Å². The van der Waals surface area contributed by atoms with Crippen molar-refractivity contribution >= 4 is 11.6 Å². The number of carbonyl (C=O) groups is 1. The summed E-state index contributed by atoms with van der Waals surface area (Å²) < 4.78 is 1.75. The molecule has 4 aromatic rings. The van der Waals surface area contributed by atoms with Gasteiger partial charge in [0.15, 0.2) is 0 Å². The van der Waals surface area contributed by atoms with Gasteiger partial charge in [0.1, 0.15) is 5.69 Å². The van der Waals surface area contributed by atoms with Crippen LogP contribution in [0.15, 0.2) is 85.3 Å². The molecule has 5 rings (SSSR count). The number of pyridine rings is 1. The van der Waals surface area contributed by atoms with Crippen LogP contribution in [0.1, 0.15) is 22.3 Å². The predicted molar refractivity (Wildman–Crippen MR) is 144 cm³/mol. The zero-order valence-electron chi connectivity index (χ0n) is 20.7. The third-order valence-corrected chi connectivity index (χ3v) is 6.59. The van der Waals surface area contributed by atoms with E-state index in [-0.39, 0.29) is 5.91 Å². The Morgan fingerprint density at radius 2 is 1.75 bits per heavy atom. The number of anilines is 1. The molecule has 1 fully saturated rings. The van der Waals surface area contributed by atoms with E-state index >= 15 is 0 Å². The van der Waals surface area contributed by atoms with Gasteiger partial charge in [0.05, 0.1) is 11.3 Å². The van der Waals surface area contributed by atoms with Gasteiger partial charge in [0, 0.05) is 62.6 Å². The average Bonchev–Trinajstić information content (AvgIpc) is 3.38. The van der Waals surface area contributed by atoms with Gasteiger partial charge < -0.3 is 10.2 Å². The second-order valence-corrected chi connectivity index (χ2v) is 9.19. The summed E-state index contributed by atoms with van der Waals surface area (Å²) in [5, 5.41) is 7.82. The molecule has 184 valence electrons. The molecule has 0 spiro atoms. The van der Waals surface area contributed by atoms with E-state index in [1.54, 1.807) is 23.3 Å². The highest BCUT2D eigenvalue weighted by atomic mass is 16.1. The smallest absolute Gasteiger partial charge is 0.255 e. The summed E-state index contributed by atoms with van der Waals surface area (Å²) in [6, 6.07) is 22.3. The Morgan fingerprint density at radius 1 is 0.944 bits per heavy atom. The quantitative estimate of drug-likeness (QED) is 0.383. The molecule has 0 radical (unpaired) electrons. The SMILES string of the molecule is Cc1cccc(N2CCN(CCCNC(=O)c3cn(-c4ccccc4)nc3-c3cccnc3)CC2)c1. The van der Waals surface area contributed by atoms with Crippen molar-refractivity contribution in [2.45, 2.75) is 13.3 Å². The zero-order chi connectivity index (χ0) is 24.7. The first kappa shape index (κ1) is 23.8. The molecule has 1 aliphatic heterocycles. The molecule has 1 amide bonds.